The first kappa shape index (κ1) is 14.8. The quantitative estimate of drug-likeness (QED) is 0.817. The molecule has 0 amide bonds. The summed E-state index contributed by atoms with van der Waals surface area (Å²) < 4.78 is 26.5. The first-order valence-electron chi connectivity index (χ1n) is 5.18. The molecular formula is C10H15ClN2O2S2. The molecule has 96 valence electrons. The van der Waals surface area contributed by atoms with Crippen LogP contribution in [-0.2, 0) is 10.0 Å². The second-order valence-corrected chi connectivity index (χ2v) is 6.83. The monoisotopic (exact) mass is 294 g/mol. The molecule has 0 saturated heterocycles. The number of hydrogen-bond acceptors (Lipinski definition) is 4. The lowest BCUT2D eigenvalue weighted by atomic mass is 10.4. The topological polar surface area (TPSA) is 59.1 Å². The van der Waals surface area contributed by atoms with Crippen molar-refractivity contribution >= 4 is 33.4 Å². The van der Waals surface area contributed by atoms with Crippen LogP contribution >= 0.6 is 23.4 Å². The molecule has 0 bridgehead atoms. The van der Waals surface area contributed by atoms with E-state index in [1.165, 1.54) is 12.3 Å². The number of halogens is 1. The molecule has 1 rings (SSSR count). The number of pyridine rings is 1. The first-order valence-corrected chi connectivity index (χ1v) is 8.19. The minimum absolute atomic E-state index is 0.00431. The molecule has 0 aromatic carbocycles. The van der Waals surface area contributed by atoms with Gasteiger partial charge in [-0.1, -0.05) is 18.5 Å². The summed E-state index contributed by atoms with van der Waals surface area (Å²) in [6, 6.07) is 2.85. The Morgan fingerprint density at radius 3 is 2.88 bits per heavy atom. The van der Waals surface area contributed by atoms with E-state index in [-0.39, 0.29) is 16.1 Å². The largest absolute Gasteiger partial charge is 0.243 e. The van der Waals surface area contributed by atoms with E-state index >= 15 is 0 Å². The van der Waals surface area contributed by atoms with Crippen LogP contribution in [0, 0.1) is 0 Å². The van der Waals surface area contributed by atoms with Crippen molar-refractivity contribution in [2.75, 3.05) is 11.5 Å². The summed E-state index contributed by atoms with van der Waals surface area (Å²) in [4.78, 5) is 3.78. The van der Waals surface area contributed by atoms with Gasteiger partial charge in [-0.2, -0.15) is 11.8 Å². The number of hydrogen-bond donors (Lipinski definition) is 1. The van der Waals surface area contributed by atoms with Gasteiger partial charge in [0.25, 0.3) is 0 Å². The zero-order chi connectivity index (χ0) is 12.9. The van der Waals surface area contributed by atoms with Crippen molar-refractivity contribution < 1.29 is 8.42 Å². The second-order valence-electron chi connectivity index (χ2n) is 3.47. The van der Waals surface area contributed by atoms with Gasteiger partial charge in [-0.25, -0.2) is 18.1 Å². The highest BCUT2D eigenvalue weighted by Crippen LogP contribution is 2.18. The summed E-state index contributed by atoms with van der Waals surface area (Å²) in [7, 11) is -3.58. The van der Waals surface area contributed by atoms with E-state index in [1.807, 2.05) is 13.8 Å². The van der Waals surface area contributed by atoms with Gasteiger partial charge in [0.1, 0.15) is 10.0 Å². The average molecular weight is 295 g/mol. The molecule has 0 spiro atoms. The molecule has 7 heteroatoms. The van der Waals surface area contributed by atoms with E-state index in [9.17, 15) is 8.42 Å². The third-order valence-corrected chi connectivity index (χ3v) is 5.12. The van der Waals surface area contributed by atoms with Gasteiger partial charge in [0.15, 0.2) is 0 Å². The van der Waals surface area contributed by atoms with Gasteiger partial charge < -0.3 is 0 Å². The summed E-state index contributed by atoms with van der Waals surface area (Å²) in [5.41, 5.74) is 0. The van der Waals surface area contributed by atoms with E-state index in [1.54, 1.807) is 17.8 Å². The third-order valence-electron chi connectivity index (χ3n) is 1.94. The predicted molar refractivity (Wildman–Crippen MR) is 72.0 cm³/mol. The molecule has 1 atom stereocenters. The Kier molecular flexibility index (Phi) is 5.72. The maximum Gasteiger partial charge on any atom is 0.243 e. The summed E-state index contributed by atoms with van der Waals surface area (Å²) in [5, 5.41) is -0.00431. The van der Waals surface area contributed by atoms with Gasteiger partial charge in [-0.15, -0.1) is 0 Å². The van der Waals surface area contributed by atoms with Crippen LogP contribution in [0.2, 0.25) is 5.15 Å². The molecule has 1 aromatic rings. The molecule has 17 heavy (non-hydrogen) atoms. The summed E-state index contributed by atoms with van der Waals surface area (Å²) in [6.07, 6.45) is 1.46. The van der Waals surface area contributed by atoms with Crippen LogP contribution in [0.1, 0.15) is 13.8 Å². The van der Waals surface area contributed by atoms with Crippen LogP contribution in [0.4, 0.5) is 0 Å². The van der Waals surface area contributed by atoms with Crippen LogP contribution in [0.15, 0.2) is 23.2 Å². The van der Waals surface area contributed by atoms with Crippen molar-refractivity contribution in [3.05, 3.63) is 23.5 Å². The molecule has 0 saturated carbocycles. The summed E-state index contributed by atoms with van der Waals surface area (Å²) in [5.74, 6) is 1.69. The number of nitrogens with zero attached hydrogens (tertiary/aromatic N) is 1. The molecule has 4 nitrogen and oxygen atoms in total. The van der Waals surface area contributed by atoms with Crippen LogP contribution in [0.3, 0.4) is 0 Å². The average Bonchev–Trinajstić information content (AvgIpc) is 2.26. The minimum Gasteiger partial charge on any atom is -0.243 e. The van der Waals surface area contributed by atoms with E-state index < -0.39 is 10.0 Å². The van der Waals surface area contributed by atoms with Gasteiger partial charge in [0.2, 0.25) is 10.0 Å². The Morgan fingerprint density at radius 1 is 1.59 bits per heavy atom. The third kappa shape index (κ3) is 4.46. The van der Waals surface area contributed by atoms with Crippen molar-refractivity contribution in [1.82, 2.24) is 9.71 Å². The van der Waals surface area contributed by atoms with E-state index in [2.05, 4.69) is 9.71 Å². The second kappa shape index (κ2) is 6.58. The zero-order valence-electron chi connectivity index (χ0n) is 9.68. The van der Waals surface area contributed by atoms with Crippen molar-refractivity contribution in [3.63, 3.8) is 0 Å². The molecular weight excluding hydrogens is 280 g/mol. The standard InChI is InChI=1S/C10H15ClN2O2S2/c1-3-16-7-8(2)13-17(14,15)9-5-4-6-12-10(9)11/h4-6,8,13H,3,7H2,1-2H3. The van der Waals surface area contributed by atoms with Crippen molar-refractivity contribution in [2.24, 2.45) is 0 Å². The Bertz CT molecular complexity index is 465. The minimum atomic E-state index is -3.58. The molecule has 0 aliphatic heterocycles. The van der Waals surface area contributed by atoms with Crippen molar-refractivity contribution in [3.8, 4) is 0 Å². The SMILES string of the molecule is CCSCC(C)NS(=O)(=O)c1cccnc1Cl. The van der Waals surface area contributed by atoms with E-state index in [4.69, 9.17) is 11.6 Å². The van der Waals surface area contributed by atoms with Crippen LogP contribution in [-0.4, -0.2) is 30.9 Å². The highest BCUT2D eigenvalue weighted by molar-refractivity contribution is 7.99. The number of thioether (sulfide) groups is 1. The van der Waals surface area contributed by atoms with Gasteiger partial charge in [0, 0.05) is 18.0 Å². The molecule has 0 fully saturated rings. The fourth-order valence-electron chi connectivity index (χ4n) is 1.23. The normalized spacial score (nSPS) is 13.6. The highest BCUT2D eigenvalue weighted by Gasteiger charge is 2.20. The Hall–Kier alpha value is -0.300. The molecule has 0 radical (unpaired) electrons. The van der Waals surface area contributed by atoms with Gasteiger partial charge in [-0.05, 0) is 24.8 Å². The van der Waals surface area contributed by atoms with Gasteiger partial charge in [-0.3, -0.25) is 0 Å². The van der Waals surface area contributed by atoms with Crippen LogP contribution in [0.5, 0.6) is 0 Å². The number of nitrogens with one attached hydrogen (secondary N) is 1. The lowest BCUT2D eigenvalue weighted by molar-refractivity contribution is 0.570. The number of aromatic nitrogens is 1. The Balaban J connectivity index is 2.79. The Morgan fingerprint density at radius 2 is 2.29 bits per heavy atom. The van der Waals surface area contributed by atoms with Gasteiger partial charge >= 0.3 is 0 Å². The van der Waals surface area contributed by atoms with Gasteiger partial charge in [0.05, 0.1) is 0 Å². The molecule has 1 aromatic heterocycles. The zero-order valence-corrected chi connectivity index (χ0v) is 12.1. The lowest BCUT2D eigenvalue weighted by Gasteiger charge is -2.13. The number of rotatable bonds is 6. The summed E-state index contributed by atoms with van der Waals surface area (Å²) in [6.45, 7) is 3.86. The molecule has 0 aliphatic carbocycles. The molecule has 1 unspecified atom stereocenters. The van der Waals surface area contributed by atoms with Crippen molar-refractivity contribution in [2.45, 2.75) is 24.8 Å². The highest BCUT2D eigenvalue weighted by atomic mass is 35.5. The smallest absolute Gasteiger partial charge is 0.243 e. The fourth-order valence-corrected chi connectivity index (χ4v) is 3.70. The van der Waals surface area contributed by atoms with E-state index in [0.717, 1.165) is 11.5 Å². The lowest BCUT2D eigenvalue weighted by Crippen LogP contribution is -2.34. The first-order chi connectivity index (χ1) is 7.97. The number of sulfonamides is 1. The molecule has 1 heterocycles. The summed E-state index contributed by atoms with van der Waals surface area (Å²) >= 11 is 7.44. The molecule has 0 aliphatic rings. The maximum atomic E-state index is 12.0. The van der Waals surface area contributed by atoms with Crippen molar-refractivity contribution in [1.29, 1.82) is 0 Å². The molecule has 1 N–H and O–H groups in total. The van der Waals surface area contributed by atoms with Crippen LogP contribution < -0.4 is 4.72 Å². The fraction of sp³-hybridized carbons (Fsp3) is 0.500. The predicted octanol–water partition coefficient (Wildman–Crippen LogP) is 2.15. The Labute approximate surface area is 111 Å². The maximum absolute atomic E-state index is 12.0. The van der Waals surface area contributed by atoms with Crippen LogP contribution in [0.25, 0.3) is 0 Å². The van der Waals surface area contributed by atoms with E-state index in [0.29, 0.717) is 0 Å².